The van der Waals surface area contributed by atoms with Crippen molar-refractivity contribution in [1.82, 2.24) is 4.98 Å². The Morgan fingerprint density at radius 1 is 1.14 bits per heavy atom. The van der Waals surface area contributed by atoms with Gasteiger partial charge >= 0.3 is 5.63 Å². The molecule has 0 amide bonds. The number of hydrogen-bond donors (Lipinski definition) is 0. The molecule has 0 spiro atoms. The molecule has 0 fully saturated rings. The van der Waals surface area contributed by atoms with Crippen LogP contribution < -0.4 is 10.5 Å². The number of fused-ring (bicyclic) bond motifs is 2. The van der Waals surface area contributed by atoms with Crippen LogP contribution in [0.3, 0.4) is 0 Å². The second-order valence-electron chi connectivity index (χ2n) is 6.22. The highest BCUT2D eigenvalue weighted by Gasteiger charge is 2.22. The van der Waals surface area contributed by atoms with Crippen molar-refractivity contribution in [2.24, 2.45) is 0 Å². The van der Waals surface area contributed by atoms with Gasteiger partial charge < -0.3 is 13.7 Å². The van der Waals surface area contributed by atoms with Crippen molar-refractivity contribution in [2.45, 2.75) is 13.8 Å². The number of oxazole rings is 1. The molecule has 4 aromatic rings. The molecule has 0 N–H and O–H groups in total. The van der Waals surface area contributed by atoms with Crippen LogP contribution in [0, 0.1) is 11.3 Å². The molecule has 0 atom stereocenters. The molecule has 7 heteroatoms. The van der Waals surface area contributed by atoms with Crippen LogP contribution in [0.15, 0.2) is 50.0 Å². The second-order valence-corrected chi connectivity index (χ2v) is 6.59. The molecular formula is C21H16ClN3O3. The summed E-state index contributed by atoms with van der Waals surface area (Å²) < 4.78 is 11.3. The lowest BCUT2D eigenvalue weighted by molar-refractivity contribution is 0.560. The van der Waals surface area contributed by atoms with E-state index in [-0.39, 0.29) is 16.2 Å². The lowest BCUT2D eigenvalue weighted by atomic mass is 10.0. The van der Waals surface area contributed by atoms with Crippen LogP contribution in [-0.4, -0.2) is 18.1 Å². The number of halogens is 1. The quantitative estimate of drug-likeness (QED) is 0.455. The summed E-state index contributed by atoms with van der Waals surface area (Å²) in [5, 5.41) is 9.81. The van der Waals surface area contributed by atoms with Crippen LogP contribution in [0.5, 0.6) is 0 Å². The van der Waals surface area contributed by atoms with Gasteiger partial charge in [-0.1, -0.05) is 23.7 Å². The highest BCUT2D eigenvalue weighted by Crippen LogP contribution is 2.37. The summed E-state index contributed by atoms with van der Waals surface area (Å²) >= 11 is 6.08. The first-order chi connectivity index (χ1) is 13.6. The number of nitrogens with zero attached hydrogens (tertiary/aromatic N) is 3. The lowest BCUT2D eigenvalue weighted by Crippen LogP contribution is -2.21. The number of hydrogen-bond acceptors (Lipinski definition) is 6. The van der Waals surface area contributed by atoms with Crippen LogP contribution in [0.25, 0.3) is 33.5 Å². The molecule has 0 radical (unpaired) electrons. The number of nitriles is 1. The van der Waals surface area contributed by atoms with Crippen LogP contribution >= 0.6 is 11.6 Å². The van der Waals surface area contributed by atoms with Gasteiger partial charge in [0.05, 0.1) is 11.1 Å². The molecule has 2 heterocycles. The largest absolute Gasteiger partial charge is 0.436 e. The van der Waals surface area contributed by atoms with Gasteiger partial charge in [0, 0.05) is 30.2 Å². The Morgan fingerprint density at radius 2 is 1.89 bits per heavy atom. The van der Waals surface area contributed by atoms with Gasteiger partial charge in [-0.2, -0.15) is 5.26 Å². The Hall–Kier alpha value is -3.30. The fraction of sp³-hybridized carbons (Fsp3) is 0.190. The normalized spacial score (nSPS) is 11.1. The summed E-state index contributed by atoms with van der Waals surface area (Å²) in [6, 6.07) is 13.0. The third-order valence-corrected chi connectivity index (χ3v) is 5.05. The first kappa shape index (κ1) is 18.1. The van der Waals surface area contributed by atoms with E-state index in [4.69, 9.17) is 20.4 Å². The van der Waals surface area contributed by atoms with E-state index in [9.17, 15) is 10.1 Å². The molecule has 0 aliphatic rings. The Morgan fingerprint density at radius 3 is 2.57 bits per heavy atom. The smallest absolute Gasteiger partial charge is 0.356 e. The Kier molecular flexibility index (Phi) is 4.54. The standard InChI is InChI=1S/C21H16ClN3O3/c1-3-25(4-2)12-9-13(20-24-15-7-5-6-8-16(15)27-20)18-14(11-23)19(22)21(26)28-17(18)10-12/h5-10H,3-4H2,1-2H3. The molecule has 0 unspecified atom stereocenters. The van der Waals surface area contributed by atoms with Crippen molar-refractivity contribution < 1.29 is 8.83 Å². The maximum Gasteiger partial charge on any atom is 0.356 e. The number of anilines is 1. The molecule has 4 rings (SSSR count). The average Bonchev–Trinajstić information content (AvgIpc) is 3.13. The zero-order valence-electron chi connectivity index (χ0n) is 15.3. The van der Waals surface area contributed by atoms with Gasteiger partial charge in [-0.3, -0.25) is 0 Å². The molecule has 28 heavy (non-hydrogen) atoms. The molecule has 0 bridgehead atoms. The van der Waals surface area contributed by atoms with Crippen LogP contribution in [-0.2, 0) is 0 Å². The molecule has 6 nitrogen and oxygen atoms in total. The number of benzene rings is 2. The van der Waals surface area contributed by atoms with Gasteiger partial charge in [-0.05, 0) is 32.0 Å². The van der Waals surface area contributed by atoms with Crippen molar-refractivity contribution in [3.63, 3.8) is 0 Å². The van der Waals surface area contributed by atoms with Crippen molar-refractivity contribution in [3.05, 3.63) is 57.4 Å². The van der Waals surface area contributed by atoms with Crippen molar-refractivity contribution >= 4 is 39.4 Å². The molecule has 2 aromatic heterocycles. The predicted octanol–water partition coefficient (Wildman–Crippen LogP) is 4.97. The van der Waals surface area contributed by atoms with Crippen LogP contribution in [0.2, 0.25) is 5.02 Å². The fourth-order valence-electron chi connectivity index (χ4n) is 3.33. The molecular weight excluding hydrogens is 378 g/mol. The molecule has 0 saturated heterocycles. The number of rotatable bonds is 4. The summed E-state index contributed by atoms with van der Waals surface area (Å²) in [5.74, 6) is 0.335. The van der Waals surface area contributed by atoms with E-state index in [1.54, 1.807) is 6.07 Å². The summed E-state index contributed by atoms with van der Waals surface area (Å²) in [5.41, 5.74) is 2.29. The van der Waals surface area contributed by atoms with E-state index in [1.807, 2.05) is 50.2 Å². The zero-order chi connectivity index (χ0) is 19.8. The van der Waals surface area contributed by atoms with Crippen LogP contribution in [0.1, 0.15) is 19.4 Å². The third-order valence-electron chi connectivity index (χ3n) is 4.70. The van der Waals surface area contributed by atoms with E-state index in [1.165, 1.54) is 0 Å². The summed E-state index contributed by atoms with van der Waals surface area (Å²) in [7, 11) is 0. The van der Waals surface area contributed by atoms with E-state index in [0.29, 0.717) is 27.9 Å². The summed E-state index contributed by atoms with van der Waals surface area (Å²) in [6.07, 6.45) is 0. The summed E-state index contributed by atoms with van der Waals surface area (Å²) in [6.45, 7) is 5.59. The first-order valence-electron chi connectivity index (χ1n) is 8.88. The number of para-hydroxylation sites is 2. The van der Waals surface area contributed by atoms with Crippen LogP contribution in [0.4, 0.5) is 5.69 Å². The second kappa shape index (κ2) is 7.02. The highest BCUT2D eigenvalue weighted by atomic mass is 35.5. The Labute approximate surface area is 165 Å². The minimum atomic E-state index is -0.745. The van der Waals surface area contributed by atoms with Gasteiger partial charge in [-0.15, -0.1) is 0 Å². The molecule has 0 saturated carbocycles. The molecule has 0 aliphatic carbocycles. The molecule has 2 aromatic carbocycles. The topological polar surface area (TPSA) is 83.3 Å². The SMILES string of the molecule is CCN(CC)c1cc(-c2nc3ccccc3o2)c2c(C#N)c(Cl)c(=O)oc2c1. The predicted molar refractivity (Wildman–Crippen MR) is 109 cm³/mol. The van der Waals surface area contributed by atoms with E-state index >= 15 is 0 Å². The summed E-state index contributed by atoms with van der Waals surface area (Å²) in [4.78, 5) is 18.8. The maximum atomic E-state index is 12.1. The van der Waals surface area contributed by atoms with Gasteiger partial charge in [0.25, 0.3) is 0 Å². The number of aromatic nitrogens is 1. The zero-order valence-corrected chi connectivity index (χ0v) is 16.1. The van der Waals surface area contributed by atoms with Crippen molar-refractivity contribution in [3.8, 4) is 17.5 Å². The molecule has 0 aliphatic heterocycles. The lowest BCUT2D eigenvalue weighted by Gasteiger charge is -2.22. The Bertz CT molecular complexity index is 1260. The Balaban J connectivity index is 2.13. The van der Waals surface area contributed by atoms with E-state index in [2.05, 4.69) is 9.88 Å². The van der Waals surface area contributed by atoms with Crippen molar-refractivity contribution in [2.75, 3.05) is 18.0 Å². The monoisotopic (exact) mass is 393 g/mol. The van der Waals surface area contributed by atoms with Gasteiger partial charge in [0.2, 0.25) is 5.89 Å². The molecule has 140 valence electrons. The average molecular weight is 394 g/mol. The highest BCUT2D eigenvalue weighted by molar-refractivity contribution is 6.32. The third kappa shape index (κ3) is 2.81. The van der Waals surface area contributed by atoms with Gasteiger partial charge in [0.15, 0.2) is 5.58 Å². The fourth-order valence-corrected chi connectivity index (χ4v) is 3.50. The maximum absolute atomic E-state index is 12.1. The first-order valence-corrected chi connectivity index (χ1v) is 9.26. The van der Waals surface area contributed by atoms with E-state index in [0.717, 1.165) is 18.8 Å². The minimum Gasteiger partial charge on any atom is -0.436 e. The van der Waals surface area contributed by atoms with Gasteiger partial charge in [-0.25, -0.2) is 9.78 Å². The minimum absolute atomic E-state index is 0.0521. The van der Waals surface area contributed by atoms with E-state index < -0.39 is 5.63 Å². The van der Waals surface area contributed by atoms with Gasteiger partial charge in [0.1, 0.15) is 22.2 Å². The van der Waals surface area contributed by atoms with Crippen molar-refractivity contribution in [1.29, 1.82) is 5.26 Å².